The van der Waals surface area contributed by atoms with Crippen molar-refractivity contribution in [2.75, 3.05) is 13.1 Å². The van der Waals surface area contributed by atoms with Crippen LogP contribution in [0.15, 0.2) is 24.3 Å². The highest BCUT2D eigenvalue weighted by molar-refractivity contribution is 6.45. The number of carbonyl (C=O) groups excluding carboxylic acids is 4. The molecule has 2 rings (SSSR count). The fraction of sp³-hybridized carbons (Fsp3) is 0.375. The van der Waals surface area contributed by atoms with Crippen molar-refractivity contribution in [3.8, 4) is 0 Å². The molecule has 5 amide bonds. The predicted octanol–water partition coefficient (Wildman–Crippen LogP) is 1.72. The van der Waals surface area contributed by atoms with E-state index in [0.717, 1.165) is 10.5 Å². The SMILES string of the molecule is CCCN1C(=O)C(=O)N(CC(=O)N[C@@H](C)c2ccc(Cl)cc2)C1=O. The molecule has 1 atom stereocenters. The van der Waals surface area contributed by atoms with Gasteiger partial charge in [0.05, 0.1) is 6.04 Å². The highest BCUT2D eigenvalue weighted by Gasteiger charge is 2.44. The lowest BCUT2D eigenvalue weighted by atomic mass is 10.1. The Bertz CT molecular complexity index is 674. The summed E-state index contributed by atoms with van der Waals surface area (Å²) in [5.74, 6) is -2.38. The summed E-state index contributed by atoms with van der Waals surface area (Å²) in [4.78, 5) is 49.3. The maximum Gasteiger partial charge on any atom is 0.334 e. The zero-order chi connectivity index (χ0) is 17.9. The van der Waals surface area contributed by atoms with Crippen LogP contribution in [-0.4, -0.2) is 46.6 Å². The van der Waals surface area contributed by atoms with Gasteiger partial charge in [0.25, 0.3) is 0 Å². The molecule has 1 aliphatic heterocycles. The Balaban J connectivity index is 1.99. The summed E-state index contributed by atoms with van der Waals surface area (Å²) >= 11 is 5.82. The van der Waals surface area contributed by atoms with Gasteiger partial charge in [0.15, 0.2) is 0 Å². The van der Waals surface area contributed by atoms with Gasteiger partial charge in [-0.2, -0.15) is 0 Å². The number of amides is 5. The largest absolute Gasteiger partial charge is 0.348 e. The number of benzene rings is 1. The molecule has 0 aliphatic carbocycles. The number of nitrogens with one attached hydrogen (secondary N) is 1. The van der Waals surface area contributed by atoms with Gasteiger partial charge in [-0.15, -0.1) is 0 Å². The van der Waals surface area contributed by atoms with E-state index in [0.29, 0.717) is 16.3 Å². The zero-order valence-electron chi connectivity index (χ0n) is 13.4. The van der Waals surface area contributed by atoms with Gasteiger partial charge in [0.1, 0.15) is 6.54 Å². The first-order valence-corrected chi connectivity index (χ1v) is 7.95. The van der Waals surface area contributed by atoms with E-state index in [2.05, 4.69) is 5.32 Å². The van der Waals surface area contributed by atoms with Crippen molar-refractivity contribution >= 4 is 35.4 Å². The number of halogens is 1. The van der Waals surface area contributed by atoms with E-state index in [4.69, 9.17) is 11.6 Å². The lowest BCUT2D eigenvalue weighted by Gasteiger charge is -2.18. The van der Waals surface area contributed by atoms with Crippen LogP contribution in [0.5, 0.6) is 0 Å². The summed E-state index contributed by atoms with van der Waals surface area (Å²) in [6.45, 7) is 3.22. The Hall–Kier alpha value is -2.41. The molecule has 1 fully saturated rings. The van der Waals surface area contributed by atoms with Gasteiger partial charge in [-0.25, -0.2) is 9.69 Å². The van der Waals surface area contributed by atoms with Crippen LogP contribution in [0.1, 0.15) is 31.9 Å². The average molecular weight is 352 g/mol. The van der Waals surface area contributed by atoms with Crippen LogP contribution in [0.25, 0.3) is 0 Å². The second-order valence-corrected chi connectivity index (χ2v) is 5.91. The average Bonchev–Trinajstić information content (AvgIpc) is 2.73. The van der Waals surface area contributed by atoms with Crippen LogP contribution in [0.3, 0.4) is 0 Å². The quantitative estimate of drug-likeness (QED) is 0.624. The number of imide groups is 2. The molecule has 1 N–H and O–H groups in total. The van der Waals surface area contributed by atoms with Gasteiger partial charge in [0, 0.05) is 11.6 Å². The van der Waals surface area contributed by atoms with Crippen molar-refractivity contribution in [2.45, 2.75) is 26.3 Å². The Kier molecular flexibility index (Phi) is 5.56. The third kappa shape index (κ3) is 3.73. The normalized spacial score (nSPS) is 15.9. The first-order valence-electron chi connectivity index (χ1n) is 7.57. The number of rotatable bonds is 6. The highest BCUT2D eigenvalue weighted by atomic mass is 35.5. The summed E-state index contributed by atoms with van der Waals surface area (Å²) in [5, 5.41) is 3.27. The van der Waals surface area contributed by atoms with Crippen LogP contribution < -0.4 is 5.32 Å². The summed E-state index contributed by atoms with van der Waals surface area (Å²) in [5.41, 5.74) is 0.829. The molecule has 0 saturated carbocycles. The highest BCUT2D eigenvalue weighted by Crippen LogP contribution is 2.16. The third-order valence-electron chi connectivity index (χ3n) is 3.63. The van der Waals surface area contributed by atoms with Crippen molar-refractivity contribution in [3.63, 3.8) is 0 Å². The Morgan fingerprint density at radius 1 is 1.12 bits per heavy atom. The lowest BCUT2D eigenvalue weighted by molar-refractivity contribution is -0.144. The Morgan fingerprint density at radius 2 is 1.71 bits per heavy atom. The van der Waals surface area contributed by atoms with E-state index in [9.17, 15) is 19.2 Å². The molecule has 0 bridgehead atoms. The second-order valence-electron chi connectivity index (χ2n) is 5.47. The van der Waals surface area contributed by atoms with E-state index < -0.39 is 30.3 Å². The molecule has 1 aliphatic rings. The molecule has 0 radical (unpaired) electrons. The molecule has 1 saturated heterocycles. The van der Waals surface area contributed by atoms with Crippen molar-refractivity contribution in [1.82, 2.24) is 15.1 Å². The van der Waals surface area contributed by atoms with E-state index in [-0.39, 0.29) is 12.6 Å². The molecule has 24 heavy (non-hydrogen) atoms. The number of carbonyl (C=O) groups is 4. The van der Waals surface area contributed by atoms with Gasteiger partial charge in [-0.1, -0.05) is 30.7 Å². The summed E-state index contributed by atoms with van der Waals surface area (Å²) in [6.07, 6.45) is 0.540. The minimum Gasteiger partial charge on any atom is -0.348 e. The molecular formula is C16H18ClN3O4. The van der Waals surface area contributed by atoms with Crippen LogP contribution in [0.2, 0.25) is 5.02 Å². The fourth-order valence-electron chi connectivity index (χ4n) is 2.38. The van der Waals surface area contributed by atoms with Crippen molar-refractivity contribution in [1.29, 1.82) is 0 Å². The monoisotopic (exact) mass is 351 g/mol. The third-order valence-corrected chi connectivity index (χ3v) is 3.88. The number of hydrogen-bond donors (Lipinski definition) is 1. The molecule has 1 aromatic rings. The molecule has 1 aromatic carbocycles. The summed E-state index contributed by atoms with van der Waals surface area (Å²) in [6, 6.07) is 5.87. The predicted molar refractivity (Wildman–Crippen MR) is 87.1 cm³/mol. The topological polar surface area (TPSA) is 86.8 Å². The second kappa shape index (κ2) is 7.44. The molecule has 0 aromatic heterocycles. The van der Waals surface area contributed by atoms with Crippen molar-refractivity contribution < 1.29 is 19.2 Å². The van der Waals surface area contributed by atoms with Crippen molar-refractivity contribution in [2.24, 2.45) is 0 Å². The Labute approximate surface area is 144 Å². The van der Waals surface area contributed by atoms with Gasteiger partial charge < -0.3 is 5.32 Å². The molecule has 1 heterocycles. The standard InChI is InChI=1S/C16H18ClN3O4/c1-3-8-19-14(22)15(23)20(16(19)24)9-13(21)18-10(2)11-4-6-12(17)7-5-11/h4-7,10H,3,8-9H2,1-2H3,(H,18,21)/t10-/m0/s1. The maximum absolute atomic E-state index is 12.1. The molecular weight excluding hydrogens is 334 g/mol. The smallest absolute Gasteiger partial charge is 0.334 e. The van der Waals surface area contributed by atoms with Gasteiger partial charge in [-0.3, -0.25) is 19.3 Å². The maximum atomic E-state index is 12.1. The lowest BCUT2D eigenvalue weighted by Crippen LogP contribution is -2.42. The molecule has 0 spiro atoms. The van der Waals surface area contributed by atoms with E-state index in [1.165, 1.54) is 0 Å². The number of urea groups is 1. The molecule has 8 heteroatoms. The fourth-order valence-corrected chi connectivity index (χ4v) is 2.50. The zero-order valence-corrected chi connectivity index (χ0v) is 14.2. The van der Waals surface area contributed by atoms with E-state index in [1.807, 2.05) is 0 Å². The summed E-state index contributed by atoms with van der Waals surface area (Å²) in [7, 11) is 0. The molecule has 0 unspecified atom stereocenters. The van der Waals surface area contributed by atoms with Crippen LogP contribution in [-0.2, 0) is 14.4 Å². The molecule has 7 nitrogen and oxygen atoms in total. The van der Waals surface area contributed by atoms with Crippen molar-refractivity contribution in [3.05, 3.63) is 34.9 Å². The minimum absolute atomic E-state index is 0.155. The van der Waals surface area contributed by atoms with E-state index >= 15 is 0 Å². The van der Waals surface area contributed by atoms with Gasteiger partial charge in [-0.05, 0) is 31.0 Å². The van der Waals surface area contributed by atoms with E-state index in [1.54, 1.807) is 38.1 Å². The van der Waals surface area contributed by atoms with Gasteiger partial charge >= 0.3 is 17.8 Å². The van der Waals surface area contributed by atoms with Gasteiger partial charge in [0.2, 0.25) is 5.91 Å². The first-order chi connectivity index (χ1) is 11.3. The van der Waals surface area contributed by atoms with Crippen LogP contribution >= 0.6 is 11.6 Å². The molecule has 128 valence electrons. The first kappa shape index (κ1) is 17.9. The van der Waals surface area contributed by atoms with Crippen LogP contribution in [0, 0.1) is 0 Å². The minimum atomic E-state index is -0.970. The number of hydrogen-bond acceptors (Lipinski definition) is 4. The van der Waals surface area contributed by atoms with Crippen LogP contribution in [0.4, 0.5) is 4.79 Å². The number of nitrogens with zero attached hydrogens (tertiary/aromatic N) is 2. The Morgan fingerprint density at radius 3 is 2.29 bits per heavy atom. The summed E-state index contributed by atoms with van der Waals surface area (Å²) < 4.78 is 0.